The summed E-state index contributed by atoms with van der Waals surface area (Å²) in [4.78, 5) is 25.6. The van der Waals surface area contributed by atoms with E-state index in [0.717, 1.165) is 18.3 Å². The van der Waals surface area contributed by atoms with Crippen LogP contribution in [-0.2, 0) is 6.54 Å². The predicted octanol–water partition coefficient (Wildman–Crippen LogP) is 3.36. The van der Waals surface area contributed by atoms with Crippen LogP contribution in [0.2, 0.25) is 0 Å². The maximum atomic E-state index is 13.0. The molecule has 4 atom stereocenters. The Labute approximate surface area is 153 Å². The lowest BCUT2D eigenvalue weighted by Gasteiger charge is -2.28. The van der Waals surface area contributed by atoms with Crippen LogP contribution in [-0.4, -0.2) is 21.7 Å². The highest BCUT2D eigenvalue weighted by Crippen LogP contribution is 2.49. The number of aromatic nitrogens is 2. The number of carbonyl (C=O) groups is 1. The largest absolute Gasteiger partial charge is 0.348 e. The molecule has 1 N–H and O–H groups in total. The van der Waals surface area contributed by atoms with E-state index in [1.165, 1.54) is 30.4 Å². The van der Waals surface area contributed by atoms with E-state index in [1.54, 1.807) is 6.07 Å². The van der Waals surface area contributed by atoms with Crippen LogP contribution in [0.4, 0.5) is 0 Å². The molecule has 138 valence electrons. The van der Waals surface area contributed by atoms with Crippen LogP contribution in [0.1, 0.15) is 56.4 Å². The van der Waals surface area contributed by atoms with E-state index in [-0.39, 0.29) is 17.5 Å². The van der Waals surface area contributed by atoms with Crippen LogP contribution < -0.4 is 10.9 Å². The second kappa shape index (κ2) is 6.86. The van der Waals surface area contributed by atoms with Gasteiger partial charge in [-0.3, -0.25) is 9.59 Å². The minimum absolute atomic E-state index is 0.125. The lowest BCUT2D eigenvalue weighted by Crippen LogP contribution is -2.41. The molecule has 2 saturated carbocycles. The lowest BCUT2D eigenvalue weighted by atomic mass is 9.84. The Morgan fingerprint density at radius 3 is 2.69 bits per heavy atom. The van der Waals surface area contributed by atoms with Crippen molar-refractivity contribution < 1.29 is 4.79 Å². The van der Waals surface area contributed by atoms with Gasteiger partial charge in [-0.2, -0.15) is 5.10 Å². The number of hydrogen-bond donors (Lipinski definition) is 1. The standard InChI is InChI=1S/C21H27N3O2/c1-3-10-24-21(26)17-7-5-4-6-16(17)19(23-24)20(25)22-13(2)18-12-14-8-9-15(18)11-14/h4-7,13-15,18H,3,8-12H2,1-2H3,(H,22,25)/t13-,14+,15+,18+/m1/s1. The maximum absolute atomic E-state index is 13.0. The van der Waals surface area contributed by atoms with E-state index in [1.807, 2.05) is 25.1 Å². The highest BCUT2D eigenvalue weighted by Gasteiger charge is 2.42. The molecule has 0 spiro atoms. The van der Waals surface area contributed by atoms with Gasteiger partial charge in [0.1, 0.15) is 0 Å². The summed E-state index contributed by atoms with van der Waals surface area (Å²) in [5.74, 6) is 2.02. The molecule has 1 aromatic carbocycles. The fourth-order valence-electron chi connectivity index (χ4n) is 5.05. The smallest absolute Gasteiger partial charge is 0.274 e. The molecule has 2 bridgehead atoms. The summed E-state index contributed by atoms with van der Waals surface area (Å²) >= 11 is 0. The predicted molar refractivity (Wildman–Crippen MR) is 102 cm³/mol. The molecule has 2 fully saturated rings. The summed E-state index contributed by atoms with van der Waals surface area (Å²) in [5.41, 5.74) is 0.240. The summed E-state index contributed by atoms with van der Waals surface area (Å²) in [6.45, 7) is 4.64. The minimum Gasteiger partial charge on any atom is -0.348 e. The first-order valence-corrected chi connectivity index (χ1v) is 9.89. The molecule has 1 aromatic heterocycles. The number of fused-ring (bicyclic) bond motifs is 3. The number of carbonyl (C=O) groups excluding carboxylic acids is 1. The SMILES string of the molecule is CCCn1nc(C(=O)N[C@H](C)[C@@H]2C[C@H]3CC[C@H]2C3)c2ccccc2c1=O. The molecule has 0 unspecified atom stereocenters. The van der Waals surface area contributed by atoms with Crippen molar-refractivity contribution in [2.24, 2.45) is 17.8 Å². The minimum atomic E-state index is -0.165. The van der Waals surface area contributed by atoms with Crippen LogP contribution in [0, 0.1) is 17.8 Å². The van der Waals surface area contributed by atoms with Crippen LogP contribution >= 0.6 is 0 Å². The average molecular weight is 353 g/mol. The molecule has 0 saturated heterocycles. The van der Waals surface area contributed by atoms with E-state index in [2.05, 4.69) is 17.3 Å². The summed E-state index contributed by atoms with van der Waals surface area (Å²) in [5, 5.41) is 8.80. The van der Waals surface area contributed by atoms with Gasteiger partial charge in [0.2, 0.25) is 0 Å². The lowest BCUT2D eigenvalue weighted by molar-refractivity contribution is 0.0909. The monoisotopic (exact) mass is 353 g/mol. The van der Waals surface area contributed by atoms with E-state index >= 15 is 0 Å². The molecule has 26 heavy (non-hydrogen) atoms. The van der Waals surface area contributed by atoms with E-state index in [9.17, 15) is 9.59 Å². The number of aryl methyl sites for hydroxylation is 1. The summed E-state index contributed by atoms with van der Waals surface area (Å²) in [6, 6.07) is 7.42. The second-order valence-corrected chi connectivity index (χ2v) is 8.02. The van der Waals surface area contributed by atoms with Crippen molar-refractivity contribution in [3.8, 4) is 0 Å². The van der Waals surface area contributed by atoms with Gasteiger partial charge in [0, 0.05) is 18.0 Å². The Balaban J connectivity index is 1.63. The van der Waals surface area contributed by atoms with Crippen molar-refractivity contribution in [3.63, 3.8) is 0 Å². The Morgan fingerprint density at radius 1 is 1.27 bits per heavy atom. The van der Waals surface area contributed by atoms with Gasteiger partial charge in [-0.15, -0.1) is 0 Å². The molecule has 4 rings (SSSR count). The number of rotatable bonds is 5. The molecule has 2 aliphatic carbocycles. The second-order valence-electron chi connectivity index (χ2n) is 8.02. The maximum Gasteiger partial charge on any atom is 0.274 e. The van der Waals surface area contributed by atoms with Crippen molar-refractivity contribution >= 4 is 16.7 Å². The molecule has 1 heterocycles. The first kappa shape index (κ1) is 17.3. The number of amides is 1. The molecule has 5 nitrogen and oxygen atoms in total. The zero-order chi connectivity index (χ0) is 18.3. The van der Waals surface area contributed by atoms with Gasteiger partial charge in [-0.05, 0) is 56.4 Å². The van der Waals surface area contributed by atoms with Crippen LogP contribution in [0.5, 0.6) is 0 Å². The highest BCUT2D eigenvalue weighted by atomic mass is 16.2. The van der Waals surface area contributed by atoms with Crippen molar-refractivity contribution in [1.82, 2.24) is 15.1 Å². The number of nitrogens with zero attached hydrogens (tertiary/aromatic N) is 2. The van der Waals surface area contributed by atoms with E-state index < -0.39 is 0 Å². The summed E-state index contributed by atoms with van der Waals surface area (Å²) in [7, 11) is 0. The third-order valence-corrected chi connectivity index (χ3v) is 6.31. The quantitative estimate of drug-likeness (QED) is 0.896. The van der Waals surface area contributed by atoms with Crippen molar-refractivity contribution in [2.75, 3.05) is 0 Å². The average Bonchev–Trinajstić information content (AvgIpc) is 3.27. The molecular formula is C21H27N3O2. The molecule has 0 radical (unpaired) electrons. The first-order chi connectivity index (χ1) is 12.6. The van der Waals surface area contributed by atoms with Crippen molar-refractivity contribution in [2.45, 2.75) is 58.5 Å². The van der Waals surface area contributed by atoms with Gasteiger partial charge in [-0.25, -0.2) is 4.68 Å². The van der Waals surface area contributed by atoms with Crippen LogP contribution in [0.3, 0.4) is 0 Å². The third-order valence-electron chi connectivity index (χ3n) is 6.31. The molecule has 5 heteroatoms. The fourth-order valence-corrected chi connectivity index (χ4v) is 5.05. The highest BCUT2D eigenvalue weighted by molar-refractivity contribution is 6.04. The molecular weight excluding hydrogens is 326 g/mol. The van der Waals surface area contributed by atoms with Gasteiger partial charge < -0.3 is 5.32 Å². The molecule has 2 aliphatic rings. The van der Waals surface area contributed by atoms with Crippen molar-refractivity contribution in [3.05, 3.63) is 40.3 Å². The van der Waals surface area contributed by atoms with E-state index in [4.69, 9.17) is 0 Å². The molecule has 0 aliphatic heterocycles. The summed E-state index contributed by atoms with van der Waals surface area (Å²) < 4.78 is 1.43. The van der Waals surface area contributed by atoms with Gasteiger partial charge in [-0.1, -0.05) is 31.5 Å². The Kier molecular flexibility index (Phi) is 4.55. The van der Waals surface area contributed by atoms with Gasteiger partial charge in [0.25, 0.3) is 11.5 Å². The first-order valence-electron chi connectivity index (χ1n) is 9.89. The van der Waals surface area contributed by atoms with Gasteiger partial charge in [0.15, 0.2) is 5.69 Å². The zero-order valence-electron chi connectivity index (χ0n) is 15.6. The topological polar surface area (TPSA) is 64.0 Å². The van der Waals surface area contributed by atoms with E-state index in [0.29, 0.717) is 28.9 Å². The summed E-state index contributed by atoms with van der Waals surface area (Å²) in [6.07, 6.45) is 6.02. The van der Waals surface area contributed by atoms with Crippen LogP contribution in [0.15, 0.2) is 29.1 Å². The van der Waals surface area contributed by atoms with Gasteiger partial charge in [0.05, 0.1) is 5.39 Å². The normalized spacial score (nSPS) is 25.5. The third kappa shape index (κ3) is 2.93. The Bertz CT molecular complexity index is 888. The zero-order valence-corrected chi connectivity index (χ0v) is 15.6. The fraction of sp³-hybridized carbons (Fsp3) is 0.571. The van der Waals surface area contributed by atoms with Crippen LogP contribution in [0.25, 0.3) is 10.8 Å². The Morgan fingerprint density at radius 2 is 2.04 bits per heavy atom. The molecule has 1 amide bonds. The van der Waals surface area contributed by atoms with Gasteiger partial charge >= 0.3 is 0 Å². The van der Waals surface area contributed by atoms with Crippen molar-refractivity contribution in [1.29, 1.82) is 0 Å². The number of benzene rings is 1. The number of hydrogen-bond acceptors (Lipinski definition) is 3. The Hall–Kier alpha value is -2.17. The number of nitrogens with one attached hydrogen (secondary N) is 1. The molecule has 2 aromatic rings.